The van der Waals surface area contributed by atoms with Crippen LogP contribution in [0.15, 0.2) is 162 Å². The van der Waals surface area contributed by atoms with E-state index in [9.17, 15) is 0 Å². The van der Waals surface area contributed by atoms with Crippen molar-refractivity contribution in [2.24, 2.45) is 0 Å². The van der Waals surface area contributed by atoms with E-state index in [1.54, 1.807) is 0 Å². The van der Waals surface area contributed by atoms with Crippen molar-refractivity contribution in [3.8, 4) is 22.3 Å². The highest BCUT2D eigenvalue weighted by Gasteiger charge is 2.19. The van der Waals surface area contributed by atoms with Crippen LogP contribution in [0.5, 0.6) is 0 Å². The van der Waals surface area contributed by atoms with Crippen LogP contribution in [0.3, 0.4) is 0 Å². The van der Waals surface area contributed by atoms with Gasteiger partial charge in [0.25, 0.3) is 0 Å². The molecule has 0 unspecified atom stereocenters. The SMILES string of the molecule is c1ccc2cc3c(cc2c1)oc1cc(-c2c4ccccc4c(-c4cccc5c4ccc4ccccc45)c4ccccc24)ccc13. The Labute approximate surface area is 259 Å². The summed E-state index contributed by atoms with van der Waals surface area (Å²) < 4.78 is 6.52. The first kappa shape index (κ1) is 24.5. The number of hydrogen-bond acceptors (Lipinski definition) is 1. The molecule has 9 aromatic carbocycles. The van der Waals surface area contributed by atoms with Gasteiger partial charge in [-0.3, -0.25) is 0 Å². The van der Waals surface area contributed by atoms with Crippen LogP contribution in [0.2, 0.25) is 0 Å². The number of fused-ring (bicyclic) bond motifs is 9. The average molecular weight is 571 g/mol. The smallest absolute Gasteiger partial charge is 0.136 e. The first-order chi connectivity index (χ1) is 22.3. The standard InChI is InChI=1S/C44H26O/c1-2-12-29-25-42-40(24-28(29)11-1)34-23-21-30(26-41(34)45-42)43-36-14-5-7-16-38(36)44(39-17-8-6-15-37(39)43)35-19-9-18-32-31-13-4-3-10-27(31)20-22-33(32)35/h1-26H. The Bertz CT molecular complexity index is 2760. The summed E-state index contributed by atoms with van der Waals surface area (Å²) in [5.74, 6) is 0. The third kappa shape index (κ3) is 3.56. The average Bonchev–Trinajstić information content (AvgIpc) is 3.45. The molecule has 0 amide bonds. The number of hydrogen-bond donors (Lipinski definition) is 0. The lowest BCUT2D eigenvalue weighted by atomic mass is 9.84. The zero-order valence-electron chi connectivity index (χ0n) is 24.4. The predicted octanol–water partition coefficient (Wildman–Crippen LogP) is 12.7. The van der Waals surface area contributed by atoms with Gasteiger partial charge in [0.05, 0.1) is 0 Å². The Morgan fingerprint density at radius 3 is 1.58 bits per heavy atom. The summed E-state index contributed by atoms with van der Waals surface area (Å²) in [4.78, 5) is 0. The second-order valence-electron chi connectivity index (χ2n) is 12.0. The van der Waals surface area contributed by atoms with Crippen LogP contribution >= 0.6 is 0 Å². The number of benzene rings is 9. The molecule has 0 saturated heterocycles. The molecule has 0 spiro atoms. The van der Waals surface area contributed by atoms with Crippen molar-refractivity contribution in [2.75, 3.05) is 0 Å². The fourth-order valence-corrected chi connectivity index (χ4v) is 7.61. The molecule has 0 aliphatic heterocycles. The molecule has 0 fully saturated rings. The maximum atomic E-state index is 6.52. The molecule has 10 rings (SSSR count). The molecular weight excluding hydrogens is 544 g/mol. The first-order valence-corrected chi connectivity index (χ1v) is 15.5. The van der Waals surface area contributed by atoms with Crippen molar-refractivity contribution < 1.29 is 4.42 Å². The Kier molecular flexibility index (Phi) is 5.06. The minimum Gasteiger partial charge on any atom is -0.456 e. The fourth-order valence-electron chi connectivity index (χ4n) is 7.61. The zero-order valence-corrected chi connectivity index (χ0v) is 24.4. The molecule has 0 N–H and O–H groups in total. The Morgan fingerprint density at radius 2 is 0.844 bits per heavy atom. The van der Waals surface area contributed by atoms with E-state index in [0.29, 0.717) is 0 Å². The molecule has 0 saturated carbocycles. The van der Waals surface area contributed by atoms with Crippen molar-refractivity contribution in [1.82, 2.24) is 0 Å². The second-order valence-corrected chi connectivity index (χ2v) is 12.0. The maximum Gasteiger partial charge on any atom is 0.136 e. The molecule has 1 nitrogen and oxygen atoms in total. The zero-order chi connectivity index (χ0) is 29.5. The highest BCUT2D eigenvalue weighted by Crippen LogP contribution is 2.46. The molecule has 0 aliphatic rings. The van der Waals surface area contributed by atoms with Gasteiger partial charge in [-0.05, 0) is 100 Å². The van der Waals surface area contributed by atoms with Gasteiger partial charge in [0.2, 0.25) is 0 Å². The van der Waals surface area contributed by atoms with E-state index in [1.807, 2.05) is 0 Å². The quantitative estimate of drug-likeness (QED) is 0.149. The van der Waals surface area contributed by atoms with Crippen LogP contribution in [-0.2, 0) is 0 Å². The lowest BCUT2D eigenvalue weighted by Crippen LogP contribution is -1.91. The monoisotopic (exact) mass is 570 g/mol. The third-order valence-electron chi connectivity index (χ3n) is 9.62. The number of rotatable bonds is 2. The van der Waals surface area contributed by atoms with Gasteiger partial charge in [0.15, 0.2) is 0 Å². The molecule has 1 heteroatoms. The van der Waals surface area contributed by atoms with E-state index < -0.39 is 0 Å². The summed E-state index contributed by atoms with van der Waals surface area (Å²) in [6.07, 6.45) is 0. The Hall–Kier alpha value is -5.92. The van der Waals surface area contributed by atoms with Crippen LogP contribution in [0.1, 0.15) is 0 Å². The molecule has 1 aromatic heterocycles. The second kappa shape index (κ2) is 9.29. The van der Waals surface area contributed by atoms with Crippen molar-refractivity contribution in [3.05, 3.63) is 158 Å². The Morgan fingerprint density at radius 1 is 0.289 bits per heavy atom. The minimum absolute atomic E-state index is 0.913. The van der Waals surface area contributed by atoms with E-state index in [0.717, 1.165) is 27.5 Å². The van der Waals surface area contributed by atoms with Crippen LogP contribution in [0.4, 0.5) is 0 Å². The maximum absolute atomic E-state index is 6.52. The minimum atomic E-state index is 0.913. The molecule has 0 atom stereocenters. The van der Waals surface area contributed by atoms with Gasteiger partial charge in [-0.25, -0.2) is 0 Å². The van der Waals surface area contributed by atoms with E-state index in [-0.39, 0.29) is 0 Å². The van der Waals surface area contributed by atoms with Gasteiger partial charge in [0.1, 0.15) is 11.2 Å². The molecule has 45 heavy (non-hydrogen) atoms. The highest BCUT2D eigenvalue weighted by molar-refractivity contribution is 6.25. The lowest BCUT2D eigenvalue weighted by Gasteiger charge is -2.19. The van der Waals surface area contributed by atoms with Crippen molar-refractivity contribution in [2.45, 2.75) is 0 Å². The normalized spacial score (nSPS) is 12.0. The number of furan rings is 1. The topological polar surface area (TPSA) is 13.1 Å². The summed E-state index contributed by atoms with van der Waals surface area (Å²) in [6, 6.07) is 57.4. The van der Waals surface area contributed by atoms with Crippen LogP contribution < -0.4 is 0 Å². The highest BCUT2D eigenvalue weighted by atomic mass is 16.3. The first-order valence-electron chi connectivity index (χ1n) is 15.5. The molecule has 0 aliphatic carbocycles. The van der Waals surface area contributed by atoms with Crippen molar-refractivity contribution in [3.63, 3.8) is 0 Å². The Balaban J connectivity index is 1.28. The van der Waals surface area contributed by atoms with Crippen molar-refractivity contribution >= 4 is 75.8 Å². The summed E-state index contributed by atoms with van der Waals surface area (Å²) in [5.41, 5.74) is 6.78. The molecule has 208 valence electrons. The largest absolute Gasteiger partial charge is 0.456 e. The molecular formula is C44H26O. The summed E-state index contributed by atoms with van der Waals surface area (Å²) in [7, 11) is 0. The van der Waals surface area contributed by atoms with Gasteiger partial charge in [-0.2, -0.15) is 0 Å². The third-order valence-corrected chi connectivity index (χ3v) is 9.62. The van der Waals surface area contributed by atoms with E-state index >= 15 is 0 Å². The van der Waals surface area contributed by atoms with Gasteiger partial charge in [-0.1, -0.05) is 133 Å². The predicted molar refractivity (Wildman–Crippen MR) is 192 cm³/mol. The molecule has 0 bridgehead atoms. The van der Waals surface area contributed by atoms with E-state index in [2.05, 4.69) is 158 Å². The summed E-state index contributed by atoms with van der Waals surface area (Å²) in [6.45, 7) is 0. The molecule has 10 aromatic rings. The van der Waals surface area contributed by atoms with Gasteiger partial charge < -0.3 is 4.42 Å². The van der Waals surface area contributed by atoms with Crippen LogP contribution in [-0.4, -0.2) is 0 Å². The van der Waals surface area contributed by atoms with Gasteiger partial charge >= 0.3 is 0 Å². The molecule has 0 radical (unpaired) electrons. The van der Waals surface area contributed by atoms with E-state index in [4.69, 9.17) is 4.42 Å². The fraction of sp³-hybridized carbons (Fsp3) is 0. The van der Waals surface area contributed by atoms with Crippen molar-refractivity contribution in [1.29, 1.82) is 0 Å². The van der Waals surface area contributed by atoms with Gasteiger partial charge in [0, 0.05) is 10.8 Å². The summed E-state index contributed by atoms with van der Waals surface area (Å²) >= 11 is 0. The molecule has 1 heterocycles. The van der Waals surface area contributed by atoms with Gasteiger partial charge in [-0.15, -0.1) is 0 Å². The lowest BCUT2D eigenvalue weighted by molar-refractivity contribution is 0.669. The van der Waals surface area contributed by atoms with Crippen LogP contribution in [0, 0.1) is 0 Å². The summed E-state index contributed by atoms with van der Waals surface area (Å²) in [5, 5.41) is 14.8. The van der Waals surface area contributed by atoms with Crippen LogP contribution in [0.25, 0.3) is 98.1 Å². The van der Waals surface area contributed by atoms with E-state index in [1.165, 1.54) is 70.6 Å².